The highest BCUT2D eigenvalue weighted by Gasteiger charge is 2.32. The van der Waals surface area contributed by atoms with Gasteiger partial charge in [0.15, 0.2) is 0 Å². The Labute approximate surface area is 82.0 Å². The summed E-state index contributed by atoms with van der Waals surface area (Å²) in [6.07, 6.45) is 6.52. The molecule has 1 aliphatic carbocycles. The van der Waals surface area contributed by atoms with Gasteiger partial charge in [-0.05, 0) is 26.7 Å². The van der Waals surface area contributed by atoms with E-state index in [4.69, 9.17) is 0 Å². The van der Waals surface area contributed by atoms with Crippen LogP contribution in [0.3, 0.4) is 0 Å². The number of rotatable bonds is 1. The lowest BCUT2D eigenvalue weighted by Gasteiger charge is -2.34. The Morgan fingerprint density at radius 3 is 2.27 bits per heavy atom. The van der Waals surface area contributed by atoms with Gasteiger partial charge in [0.25, 0.3) is 0 Å². The first-order chi connectivity index (χ1) is 5.02. The van der Waals surface area contributed by atoms with E-state index in [1.54, 1.807) is 0 Å². The van der Waals surface area contributed by atoms with Crippen LogP contribution in [0.1, 0.15) is 26.7 Å². The Bertz CT molecular complexity index is 157. The first kappa shape index (κ1) is 9.52. The van der Waals surface area contributed by atoms with E-state index in [0.717, 1.165) is 12.8 Å². The van der Waals surface area contributed by atoms with E-state index in [1.165, 1.54) is 0 Å². The van der Waals surface area contributed by atoms with Gasteiger partial charge in [-0.15, -0.1) is 0 Å². The van der Waals surface area contributed by atoms with Gasteiger partial charge < -0.3 is 5.11 Å². The van der Waals surface area contributed by atoms with Crippen LogP contribution in [-0.4, -0.2) is 14.6 Å². The number of allylic oxidation sites excluding steroid dienone is 2. The maximum Gasteiger partial charge on any atom is 0.0632 e. The highest BCUT2D eigenvalue weighted by molar-refractivity contribution is 14.1. The Morgan fingerprint density at radius 2 is 1.91 bits per heavy atom. The largest absolute Gasteiger partial charge is 0.390 e. The molecular weight excluding hydrogens is 251 g/mol. The normalized spacial score (nSPS) is 32.4. The molecule has 0 aromatic carbocycles. The minimum absolute atomic E-state index is 0.424. The van der Waals surface area contributed by atoms with Crippen molar-refractivity contribution >= 4 is 22.6 Å². The van der Waals surface area contributed by atoms with Crippen molar-refractivity contribution < 1.29 is 5.11 Å². The fraction of sp³-hybridized carbons (Fsp3) is 0.778. The second kappa shape index (κ2) is 3.44. The van der Waals surface area contributed by atoms with Gasteiger partial charge in [0.05, 0.1) is 5.60 Å². The van der Waals surface area contributed by atoms with Gasteiger partial charge >= 0.3 is 0 Å². The van der Waals surface area contributed by atoms with Gasteiger partial charge in [-0.25, -0.2) is 0 Å². The van der Waals surface area contributed by atoms with E-state index < -0.39 is 5.60 Å². The molecule has 64 valence electrons. The van der Waals surface area contributed by atoms with Crippen molar-refractivity contribution in [1.82, 2.24) is 0 Å². The lowest BCUT2D eigenvalue weighted by atomic mass is 9.82. The van der Waals surface area contributed by atoms with E-state index in [1.807, 2.05) is 13.8 Å². The second-order valence-corrected chi connectivity index (χ2v) is 5.32. The molecule has 0 heterocycles. The first-order valence-electron chi connectivity index (χ1n) is 4.03. The summed E-state index contributed by atoms with van der Waals surface area (Å²) >= 11 is 2.43. The molecule has 1 N–H and O–H groups in total. The SMILES string of the molecule is CC(C)(O)C1CC=CCC1I. The molecule has 0 amide bonds. The second-order valence-electron chi connectivity index (χ2n) is 3.72. The number of aliphatic hydroxyl groups is 1. The Balaban J connectivity index is 2.64. The summed E-state index contributed by atoms with van der Waals surface area (Å²) in [6.45, 7) is 3.81. The monoisotopic (exact) mass is 266 g/mol. The van der Waals surface area contributed by atoms with Crippen LogP contribution >= 0.6 is 22.6 Å². The van der Waals surface area contributed by atoms with Gasteiger partial charge in [0.2, 0.25) is 0 Å². The Hall–Kier alpha value is 0.430. The standard InChI is InChI=1S/C9H15IO/c1-9(2,11)7-5-3-4-6-8(7)10/h3-4,7-8,11H,5-6H2,1-2H3. The first-order valence-corrected chi connectivity index (χ1v) is 5.28. The Kier molecular flexibility index (Phi) is 2.97. The van der Waals surface area contributed by atoms with Crippen molar-refractivity contribution in [1.29, 1.82) is 0 Å². The van der Waals surface area contributed by atoms with E-state index in [2.05, 4.69) is 34.7 Å². The number of hydrogen-bond donors (Lipinski definition) is 1. The molecule has 11 heavy (non-hydrogen) atoms. The lowest BCUT2D eigenvalue weighted by molar-refractivity contribution is 0.0179. The summed E-state index contributed by atoms with van der Waals surface area (Å²) in [4.78, 5) is 0. The van der Waals surface area contributed by atoms with Gasteiger partial charge in [-0.2, -0.15) is 0 Å². The van der Waals surface area contributed by atoms with Crippen LogP contribution < -0.4 is 0 Å². The molecule has 0 spiro atoms. The molecule has 1 rings (SSSR count). The molecule has 2 heteroatoms. The van der Waals surface area contributed by atoms with E-state index >= 15 is 0 Å². The molecular formula is C9H15IO. The number of halogens is 1. The van der Waals surface area contributed by atoms with Gasteiger partial charge in [-0.3, -0.25) is 0 Å². The highest BCUT2D eigenvalue weighted by Crippen LogP contribution is 2.33. The molecule has 0 aromatic heterocycles. The Morgan fingerprint density at radius 1 is 1.36 bits per heavy atom. The van der Waals surface area contributed by atoms with Crippen LogP contribution in [0.2, 0.25) is 0 Å². The third-order valence-electron chi connectivity index (χ3n) is 2.26. The molecule has 0 fully saturated rings. The van der Waals surface area contributed by atoms with E-state index in [9.17, 15) is 5.11 Å². The number of hydrogen-bond acceptors (Lipinski definition) is 1. The van der Waals surface area contributed by atoms with Crippen LogP contribution in [0.5, 0.6) is 0 Å². The molecule has 0 saturated heterocycles. The van der Waals surface area contributed by atoms with Crippen molar-refractivity contribution in [3.63, 3.8) is 0 Å². The summed E-state index contributed by atoms with van der Waals surface area (Å²) < 4.78 is 0.595. The van der Waals surface area contributed by atoms with Crippen molar-refractivity contribution in [3.8, 4) is 0 Å². The third-order valence-corrected chi connectivity index (χ3v) is 3.64. The van der Waals surface area contributed by atoms with Gasteiger partial charge in [0.1, 0.15) is 0 Å². The molecule has 0 bridgehead atoms. The van der Waals surface area contributed by atoms with E-state index in [0.29, 0.717) is 9.84 Å². The molecule has 1 nitrogen and oxygen atoms in total. The van der Waals surface area contributed by atoms with Crippen LogP contribution in [0.15, 0.2) is 12.2 Å². The van der Waals surface area contributed by atoms with Gasteiger partial charge in [0, 0.05) is 9.84 Å². The molecule has 2 atom stereocenters. The van der Waals surface area contributed by atoms with Crippen LogP contribution in [-0.2, 0) is 0 Å². The van der Waals surface area contributed by atoms with Crippen LogP contribution in [0, 0.1) is 5.92 Å². The molecule has 0 aliphatic heterocycles. The fourth-order valence-corrected chi connectivity index (χ4v) is 2.98. The van der Waals surface area contributed by atoms with E-state index in [-0.39, 0.29) is 0 Å². The van der Waals surface area contributed by atoms with Crippen molar-refractivity contribution in [3.05, 3.63) is 12.2 Å². The summed E-state index contributed by atoms with van der Waals surface area (Å²) in [6, 6.07) is 0. The van der Waals surface area contributed by atoms with Gasteiger partial charge in [-0.1, -0.05) is 34.7 Å². The zero-order valence-electron chi connectivity index (χ0n) is 7.05. The maximum atomic E-state index is 9.77. The summed E-state index contributed by atoms with van der Waals surface area (Å²) in [5.74, 6) is 0.424. The minimum Gasteiger partial charge on any atom is -0.390 e. The molecule has 0 aromatic rings. The van der Waals surface area contributed by atoms with Crippen molar-refractivity contribution in [2.45, 2.75) is 36.2 Å². The van der Waals surface area contributed by atoms with Crippen LogP contribution in [0.4, 0.5) is 0 Å². The topological polar surface area (TPSA) is 20.2 Å². The van der Waals surface area contributed by atoms with Crippen molar-refractivity contribution in [2.75, 3.05) is 0 Å². The predicted molar refractivity (Wildman–Crippen MR) is 56.0 cm³/mol. The molecule has 2 unspecified atom stereocenters. The fourth-order valence-electron chi connectivity index (χ4n) is 1.51. The zero-order chi connectivity index (χ0) is 8.48. The zero-order valence-corrected chi connectivity index (χ0v) is 9.21. The lowest BCUT2D eigenvalue weighted by Crippen LogP contribution is -2.37. The quantitative estimate of drug-likeness (QED) is 0.439. The average molecular weight is 266 g/mol. The average Bonchev–Trinajstić information content (AvgIpc) is 1.86. The predicted octanol–water partition coefficient (Wildman–Crippen LogP) is 2.53. The number of alkyl halides is 1. The van der Waals surface area contributed by atoms with Crippen molar-refractivity contribution in [2.24, 2.45) is 5.92 Å². The smallest absolute Gasteiger partial charge is 0.0632 e. The molecule has 0 radical (unpaired) electrons. The summed E-state index contributed by atoms with van der Waals surface area (Å²) in [5.41, 5.74) is -0.517. The third kappa shape index (κ3) is 2.44. The van der Waals surface area contributed by atoms with Crippen LogP contribution in [0.25, 0.3) is 0 Å². The minimum atomic E-state index is -0.517. The summed E-state index contributed by atoms with van der Waals surface area (Å²) in [5, 5.41) is 9.77. The molecule has 0 saturated carbocycles. The maximum absolute atomic E-state index is 9.77. The highest BCUT2D eigenvalue weighted by atomic mass is 127. The summed E-state index contributed by atoms with van der Waals surface area (Å²) in [7, 11) is 0. The molecule has 1 aliphatic rings.